The molecule has 4 nitrogen and oxygen atoms in total. The predicted octanol–water partition coefficient (Wildman–Crippen LogP) is 2.67. The summed E-state index contributed by atoms with van der Waals surface area (Å²) in [6.07, 6.45) is 6.15. The van der Waals surface area contributed by atoms with Crippen LogP contribution < -0.4 is 0 Å². The highest BCUT2D eigenvalue weighted by molar-refractivity contribution is 5.81. The maximum Gasteiger partial charge on any atom is 0.305 e. The Morgan fingerprint density at radius 3 is 2.53 bits per heavy atom. The number of likely N-dealkylation sites (tertiary alicyclic amines) is 1. The zero-order chi connectivity index (χ0) is 14.0. The number of carboxylic acid groups (broad SMARTS) is 1. The summed E-state index contributed by atoms with van der Waals surface area (Å²) < 4.78 is 0. The molecule has 0 radical (unpaired) electrons. The summed E-state index contributed by atoms with van der Waals surface area (Å²) >= 11 is 0. The quantitative estimate of drug-likeness (QED) is 0.855. The zero-order valence-electron chi connectivity index (χ0n) is 12.0. The van der Waals surface area contributed by atoms with Crippen molar-refractivity contribution in [2.24, 2.45) is 11.3 Å². The summed E-state index contributed by atoms with van der Waals surface area (Å²) in [6.45, 7) is 5.07. The second kappa shape index (κ2) is 5.51. The molecule has 2 aliphatic rings. The molecule has 0 aromatic heterocycles. The van der Waals surface area contributed by atoms with Crippen molar-refractivity contribution in [3.8, 4) is 0 Å². The van der Waals surface area contributed by atoms with E-state index in [9.17, 15) is 9.59 Å². The van der Waals surface area contributed by atoms with Gasteiger partial charge in [0.05, 0.1) is 6.42 Å². The van der Waals surface area contributed by atoms with Crippen LogP contribution in [0.1, 0.15) is 58.8 Å². The molecule has 2 unspecified atom stereocenters. The molecule has 19 heavy (non-hydrogen) atoms. The maximum atomic E-state index is 12.7. The first kappa shape index (κ1) is 14.4. The molecule has 2 rings (SSSR count). The van der Waals surface area contributed by atoms with Crippen LogP contribution in [0, 0.1) is 11.3 Å². The van der Waals surface area contributed by atoms with Gasteiger partial charge in [-0.05, 0) is 37.5 Å². The van der Waals surface area contributed by atoms with E-state index in [1.54, 1.807) is 0 Å². The Labute approximate surface area is 115 Å². The number of aliphatic carboxylic acids is 1. The van der Waals surface area contributed by atoms with Crippen LogP contribution in [0.5, 0.6) is 0 Å². The number of rotatable bonds is 3. The number of carbonyl (C=O) groups is 2. The van der Waals surface area contributed by atoms with Crippen LogP contribution in [0.25, 0.3) is 0 Å². The minimum atomic E-state index is -0.796. The van der Waals surface area contributed by atoms with Crippen LogP contribution in [-0.2, 0) is 9.59 Å². The molecule has 1 saturated heterocycles. The fraction of sp³-hybridized carbons (Fsp3) is 0.867. The van der Waals surface area contributed by atoms with Crippen molar-refractivity contribution in [1.29, 1.82) is 0 Å². The van der Waals surface area contributed by atoms with E-state index in [-0.39, 0.29) is 29.7 Å². The Balaban J connectivity index is 2.09. The fourth-order valence-electron chi connectivity index (χ4n) is 3.69. The number of hydrogen-bond donors (Lipinski definition) is 1. The highest BCUT2D eigenvalue weighted by atomic mass is 16.4. The van der Waals surface area contributed by atoms with Gasteiger partial charge in [-0.3, -0.25) is 9.59 Å². The molecule has 1 aliphatic carbocycles. The zero-order valence-corrected chi connectivity index (χ0v) is 12.0. The van der Waals surface area contributed by atoms with Gasteiger partial charge >= 0.3 is 5.97 Å². The molecule has 1 heterocycles. The molecule has 0 spiro atoms. The van der Waals surface area contributed by atoms with Crippen molar-refractivity contribution in [3.05, 3.63) is 0 Å². The van der Waals surface area contributed by atoms with Gasteiger partial charge in [0.25, 0.3) is 0 Å². The molecule has 1 aliphatic heterocycles. The van der Waals surface area contributed by atoms with Gasteiger partial charge in [0.2, 0.25) is 5.91 Å². The Morgan fingerprint density at radius 1 is 1.21 bits per heavy atom. The molecule has 4 heteroatoms. The summed E-state index contributed by atoms with van der Waals surface area (Å²) in [5, 5.41) is 9.00. The largest absolute Gasteiger partial charge is 0.481 e. The van der Waals surface area contributed by atoms with E-state index in [0.29, 0.717) is 0 Å². The normalized spacial score (nSPS) is 30.3. The van der Waals surface area contributed by atoms with E-state index in [1.165, 1.54) is 0 Å². The smallest absolute Gasteiger partial charge is 0.305 e. The lowest BCUT2D eigenvalue weighted by molar-refractivity contribution is -0.145. The van der Waals surface area contributed by atoms with Gasteiger partial charge in [-0.15, -0.1) is 0 Å². The van der Waals surface area contributed by atoms with E-state index in [4.69, 9.17) is 5.11 Å². The first-order valence-corrected chi connectivity index (χ1v) is 7.44. The third-order valence-corrected chi connectivity index (χ3v) is 4.88. The predicted molar refractivity (Wildman–Crippen MR) is 72.7 cm³/mol. The van der Waals surface area contributed by atoms with E-state index >= 15 is 0 Å². The second-order valence-electron chi connectivity index (χ2n) is 6.71. The molecule has 2 atom stereocenters. The molecule has 0 aromatic carbocycles. The summed E-state index contributed by atoms with van der Waals surface area (Å²) in [5.41, 5.74) is 0.0717. The number of carbonyl (C=O) groups excluding carboxylic acids is 1. The lowest BCUT2D eigenvalue weighted by atomic mass is 9.80. The first-order valence-electron chi connectivity index (χ1n) is 7.44. The van der Waals surface area contributed by atoms with Gasteiger partial charge in [0.15, 0.2) is 0 Å². The summed E-state index contributed by atoms with van der Waals surface area (Å²) in [4.78, 5) is 25.6. The van der Waals surface area contributed by atoms with Crippen molar-refractivity contribution in [1.82, 2.24) is 4.90 Å². The van der Waals surface area contributed by atoms with Crippen LogP contribution in [0.15, 0.2) is 0 Å². The SMILES string of the molecule is CC1(C)CCCC1C(=O)N1CCCCC1CC(=O)O. The van der Waals surface area contributed by atoms with Crippen molar-refractivity contribution in [3.63, 3.8) is 0 Å². The van der Waals surface area contributed by atoms with Gasteiger partial charge < -0.3 is 10.0 Å². The highest BCUT2D eigenvalue weighted by Gasteiger charge is 2.43. The average molecular weight is 267 g/mol. The molecule has 2 fully saturated rings. The van der Waals surface area contributed by atoms with E-state index in [2.05, 4.69) is 13.8 Å². The number of piperidine rings is 1. The van der Waals surface area contributed by atoms with E-state index < -0.39 is 5.97 Å². The van der Waals surface area contributed by atoms with Crippen molar-refractivity contribution in [2.75, 3.05) is 6.54 Å². The summed E-state index contributed by atoms with van der Waals surface area (Å²) in [5.74, 6) is -0.509. The summed E-state index contributed by atoms with van der Waals surface area (Å²) in [7, 11) is 0. The summed E-state index contributed by atoms with van der Waals surface area (Å²) in [6, 6.07) is -0.0878. The standard InChI is InChI=1S/C15H25NO3/c1-15(2)8-5-7-12(15)14(19)16-9-4-3-6-11(16)10-13(17)18/h11-12H,3-10H2,1-2H3,(H,17,18). The lowest BCUT2D eigenvalue weighted by Gasteiger charge is -2.39. The Hall–Kier alpha value is -1.06. The van der Waals surface area contributed by atoms with Gasteiger partial charge in [0.1, 0.15) is 0 Å². The molecular formula is C15H25NO3. The fourth-order valence-corrected chi connectivity index (χ4v) is 3.69. The molecule has 1 saturated carbocycles. The van der Waals surface area contributed by atoms with Crippen molar-refractivity contribution in [2.45, 2.75) is 64.8 Å². The third kappa shape index (κ3) is 3.10. The number of nitrogens with zero attached hydrogens (tertiary/aromatic N) is 1. The molecule has 0 bridgehead atoms. The minimum Gasteiger partial charge on any atom is -0.481 e. The monoisotopic (exact) mass is 267 g/mol. The maximum absolute atomic E-state index is 12.7. The minimum absolute atomic E-state index is 0.0717. The molecular weight excluding hydrogens is 242 g/mol. The van der Waals surface area contributed by atoms with Crippen molar-refractivity contribution < 1.29 is 14.7 Å². The molecule has 1 amide bonds. The molecule has 108 valence electrons. The molecule has 0 aromatic rings. The number of carboxylic acids is 1. The Morgan fingerprint density at radius 2 is 1.95 bits per heavy atom. The van der Waals surface area contributed by atoms with E-state index in [0.717, 1.165) is 45.1 Å². The van der Waals surface area contributed by atoms with Crippen LogP contribution in [0.3, 0.4) is 0 Å². The van der Waals surface area contributed by atoms with Crippen molar-refractivity contribution >= 4 is 11.9 Å². The van der Waals surface area contributed by atoms with Gasteiger partial charge in [-0.25, -0.2) is 0 Å². The van der Waals surface area contributed by atoms with Gasteiger partial charge in [-0.1, -0.05) is 20.3 Å². The Kier molecular flexibility index (Phi) is 4.16. The second-order valence-corrected chi connectivity index (χ2v) is 6.71. The first-order chi connectivity index (χ1) is 8.92. The van der Waals surface area contributed by atoms with E-state index in [1.807, 2.05) is 4.90 Å². The Bertz CT molecular complexity index is 364. The number of amides is 1. The molecule has 1 N–H and O–H groups in total. The van der Waals surface area contributed by atoms with Crippen LogP contribution >= 0.6 is 0 Å². The lowest BCUT2D eigenvalue weighted by Crippen LogP contribution is -2.49. The number of hydrogen-bond acceptors (Lipinski definition) is 2. The third-order valence-electron chi connectivity index (χ3n) is 4.88. The van der Waals surface area contributed by atoms with Crippen LogP contribution in [0.4, 0.5) is 0 Å². The highest BCUT2D eigenvalue weighted by Crippen LogP contribution is 2.44. The average Bonchev–Trinajstić information content (AvgIpc) is 2.68. The van der Waals surface area contributed by atoms with Gasteiger partial charge in [0, 0.05) is 18.5 Å². The van der Waals surface area contributed by atoms with Gasteiger partial charge in [-0.2, -0.15) is 0 Å². The van der Waals surface area contributed by atoms with Crippen LogP contribution in [0.2, 0.25) is 0 Å². The topological polar surface area (TPSA) is 57.6 Å². The van der Waals surface area contributed by atoms with Crippen LogP contribution in [-0.4, -0.2) is 34.5 Å².